The smallest absolute Gasteiger partial charge is 0.407 e. The lowest BCUT2D eigenvalue weighted by Gasteiger charge is -2.18. The molecule has 2 aromatic carbocycles. The molecule has 0 saturated carbocycles. The molecule has 2 aliphatic rings. The van der Waals surface area contributed by atoms with Crippen LogP contribution in [0.15, 0.2) is 60.5 Å². The van der Waals surface area contributed by atoms with Crippen molar-refractivity contribution in [1.29, 1.82) is 0 Å². The first-order valence-electron chi connectivity index (χ1n) is 15.0. The fraction of sp³-hybridized carbons (Fsp3) is 0.333. The zero-order valence-corrected chi connectivity index (χ0v) is 26.1. The summed E-state index contributed by atoms with van der Waals surface area (Å²) >= 11 is 1.52. The molecule has 1 saturated heterocycles. The fourth-order valence-corrected chi connectivity index (χ4v) is 6.48. The normalized spacial score (nSPS) is 16.9. The van der Waals surface area contributed by atoms with Crippen LogP contribution in [0.3, 0.4) is 0 Å². The highest BCUT2D eigenvalue weighted by molar-refractivity contribution is 7.17. The Bertz CT molecular complexity index is 1800. The van der Waals surface area contributed by atoms with E-state index in [9.17, 15) is 22.8 Å². The number of ether oxygens (including phenoxy) is 3. The number of alkyl carbamates (subject to hydrolysis) is 1. The second-order valence-corrected chi connectivity index (χ2v) is 12.0. The molecule has 0 bridgehead atoms. The second-order valence-electron chi connectivity index (χ2n) is 11.1. The van der Waals surface area contributed by atoms with Crippen LogP contribution in [0.25, 0.3) is 32.6 Å². The number of alkyl halides is 2. The van der Waals surface area contributed by atoms with Crippen molar-refractivity contribution in [2.45, 2.75) is 25.0 Å². The number of carbonyl (C=O) groups excluding carboxylic acids is 2. The van der Waals surface area contributed by atoms with Gasteiger partial charge in [-0.1, -0.05) is 18.7 Å². The van der Waals surface area contributed by atoms with Gasteiger partial charge >= 0.3 is 12.0 Å². The summed E-state index contributed by atoms with van der Waals surface area (Å²) in [4.78, 5) is 24.5. The Morgan fingerprint density at radius 1 is 1.11 bits per heavy atom. The van der Waals surface area contributed by atoms with Gasteiger partial charge in [0.1, 0.15) is 29.6 Å². The van der Waals surface area contributed by atoms with Gasteiger partial charge in [0.05, 0.1) is 31.0 Å². The number of nitrogens with zero attached hydrogens (tertiary/aromatic N) is 3. The average Bonchev–Trinajstić information content (AvgIpc) is 3.68. The molecule has 1 fully saturated rings. The van der Waals surface area contributed by atoms with Crippen LogP contribution in [0.4, 0.5) is 18.0 Å². The number of halogens is 3. The molecule has 2 aliphatic heterocycles. The van der Waals surface area contributed by atoms with E-state index in [0.29, 0.717) is 11.3 Å². The third-order valence-electron chi connectivity index (χ3n) is 7.95. The fourth-order valence-electron chi connectivity index (χ4n) is 5.59. The van der Waals surface area contributed by atoms with Gasteiger partial charge in [0.15, 0.2) is 6.10 Å². The van der Waals surface area contributed by atoms with Crippen LogP contribution in [0.2, 0.25) is 0 Å². The van der Waals surface area contributed by atoms with Gasteiger partial charge in [0.25, 0.3) is 0 Å². The van der Waals surface area contributed by atoms with Crippen LogP contribution >= 0.6 is 11.3 Å². The molecule has 2 amide bonds. The van der Waals surface area contributed by atoms with Gasteiger partial charge in [-0.25, -0.2) is 18.0 Å². The minimum atomic E-state index is -3.37. The average molecular weight is 668 g/mol. The summed E-state index contributed by atoms with van der Waals surface area (Å²) in [6, 6.07) is 12.6. The molecule has 2 N–H and O–H groups in total. The standard InChI is InChI=1S/C33H32F3N5O5S/c1-2-28(42)41-18-27(33(35,36)19-41)46-32(43)38-10-11-44-12-13-45-26-16-23(34)5-6-24(26)30-31-25(8-14-47-31)29(39-40-30)21-3-4-22-17-37-9-7-20(22)15-21/h2-6,8,14-16,27,37H,1,7,9-13,17-19H2,(H,38,43). The molecule has 246 valence electrons. The summed E-state index contributed by atoms with van der Waals surface area (Å²) in [6.45, 7) is 3.96. The summed E-state index contributed by atoms with van der Waals surface area (Å²) in [5.74, 6) is -4.24. The molecule has 0 aliphatic carbocycles. The van der Waals surface area contributed by atoms with Crippen LogP contribution in [0.1, 0.15) is 11.1 Å². The third kappa shape index (κ3) is 7.24. The third-order valence-corrected chi connectivity index (χ3v) is 8.87. The highest BCUT2D eigenvalue weighted by atomic mass is 32.1. The number of nitrogens with one attached hydrogen (secondary N) is 2. The van der Waals surface area contributed by atoms with Crippen LogP contribution in [0.5, 0.6) is 5.75 Å². The van der Waals surface area contributed by atoms with Gasteiger partial charge in [-0.05, 0) is 59.8 Å². The van der Waals surface area contributed by atoms with Crippen molar-refractivity contribution in [2.75, 3.05) is 46.0 Å². The monoisotopic (exact) mass is 667 g/mol. The van der Waals surface area contributed by atoms with E-state index >= 15 is 0 Å². The zero-order chi connectivity index (χ0) is 33.0. The van der Waals surface area contributed by atoms with E-state index in [1.54, 1.807) is 6.07 Å². The summed E-state index contributed by atoms with van der Waals surface area (Å²) in [6.07, 6.45) is -0.939. The van der Waals surface area contributed by atoms with E-state index in [1.807, 2.05) is 11.4 Å². The Labute approximate surface area is 272 Å². The minimum absolute atomic E-state index is 0.0168. The number of thiophene rings is 1. The van der Waals surface area contributed by atoms with E-state index in [4.69, 9.17) is 14.2 Å². The topological polar surface area (TPSA) is 115 Å². The molecule has 1 atom stereocenters. The Morgan fingerprint density at radius 3 is 2.81 bits per heavy atom. The van der Waals surface area contributed by atoms with Crippen LogP contribution in [-0.2, 0) is 27.2 Å². The number of likely N-dealkylation sites (tertiary alicyclic amines) is 1. The predicted octanol–water partition coefficient (Wildman–Crippen LogP) is 4.96. The lowest BCUT2D eigenvalue weighted by Crippen LogP contribution is -2.39. The number of hydrogen-bond donors (Lipinski definition) is 2. The first-order valence-corrected chi connectivity index (χ1v) is 15.9. The summed E-state index contributed by atoms with van der Waals surface area (Å²) in [7, 11) is 0. The van der Waals surface area contributed by atoms with Crippen molar-refractivity contribution >= 4 is 33.4 Å². The van der Waals surface area contributed by atoms with Gasteiger partial charge in [-0.15, -0.1) is 21.5 Å². The quantitative estimate of drug-likeness (QED) is 0.170. The number of rotatable bonds is 11. The predicted molar refractivity (Wildman–Crippen MR) is 170 cm³/mol. The zero-order valence-electron chi connectivity index (χ0n) is 25.3. The summed E-state index contributed by atoms with van der Waals surface area (Å²) in [5.41, 5.74) is 5.51. The summed E-state index contributed by atoms with van der Waals surface area (Å²) < 4.78 is 59.7. The SMILES string of the molecule is C=CC(=O)N1CC(OC(=O)NCCOCCOc2cc(F)ccc2-c2nnc(-c3ccc4c(c3)CCNC4)c3ccsc23)C(F)(F)C1. The van der Waals surface area contributed by atoms with Crippen LogP contribution in [-0.4, -0.2) is 85.1 Å². The van der Waals surface area contributed by atoms with Crippen molar-refractivity contribution in [3.05, 3.63) is 77.4 Å². The highest BCUT2D eigenvalue weighted by Crippen LogP contribution is 2.39. The van der Waals surface area contributed by atoms with E-state index < -0.39 is 42.9 Å². The van der Waals surface area contributed by atoms with Crippen molar-refractivity contribution in [2.24, 2.45) is 0 Å². The molecular weight excluding hydrogens is 635 g/mol. The van der Waals surface area contributed by atoms with Gasteiger partial charge in [0, 0.05) is 35.7 Å². The van der Waals surface area contributed by atoms with Crippen LogP contribution < -0.4 is 15.4 Å². The maximum Gasteiger partial charge on any atom is 0.407 e. The molecule has 1 unspecified atom stereocenters. The molecule has 2 aromatic heterocycles. The number of amides is 2. The maximum absolute atomic E-state index is 14.3. The van der Waals surface area contributed by atoms with Crippen molar-refractivity contribution in [3.63, 3.8) is 0 Å². The van der Waals surface area contributed by atoms with Crippen molar-refractivity contribution in [3.8, 4) is 28.3 Å². The molecular formula is C33H32F3N5O5S. The van der Waals surface area contributed by atoms with Crippen LogP contribution in [0, 0.1) is 5.82 Å². The van der Waals surface area contributed by atoms with E-state index in [0.717, 1.165) is 51.8 Å². The van der Waals surface area contributed by atoms with Gasteiger partial charge in [-0.2, -0.15) is 0 Å². The molecule has 4 aromatic rings. The number of aromatic nitrogens is 2. The molecule has 0 radical (unpaired) electrons. The highest BCUT2D eigenvalue weighted by Gasteiger charge is 2.51. The minimum Gasteiger partial charge on any atom is -0.490 e. The van der Waals surface area contributed by atoms with Crippen molar-refractivity contribution < 1.29 is 37.0 Å². The Morgan fingerprint density at radius 2 is 1.96 bits per heavy atom. The molecule has 10 nitrogen and oxygen atoms in total. The van der Waals surface area contributed by atoms with E-state index in [-0.39, 0.29) is 32.1 Å². The first-order chi connectivity index (χ1) is 22.7. The molecule has 4 heterocycles. The van der Waals surface area contributed by atoms with E-state index in [1.165, 1.54) is 34.6 Å². The van der Waals surface area contributed by atoms with E-state index in [2.05, 4.69) is 45.6 Å². The van der Waals surface area contributed by atoms with Crippen molar-refractivity contribution in [1.82, 2.24) is 25.7 Å². The molecule has 47 heavy (non-hydrogen) atoms. The molecule has 14 heteroatoms. The Hall–Kier alpha value is -4.53. The number of carbonyl (C=O) groups is 2. The Kier molecular flexibility index (Phi) is 9.71. The first kappa shape index (κ1) is 32.4. The lowest BCUT2D eigenvalue weighted by molar-refractivity contribution is -0.126. The maximum atomic E-state index is 14.3. The molecule has 0 spiro atoms. The second kappa shape index (κ2) is 14.1. The molecule has 6 rings (SSSR count). The van der Waals surface area contributed by atoms with Gasteiger partial charge in [0.2, 0.25) is 5.91 Å². The van der Waals surface area contributed by atoms with Gasteiger partial charge in [-0.3, -0.25) is 4.79 Å². The number of fused-ring (bicyclic) bond motifs is 2. The lowest BCUT2D eigenvalue weighted by atomic mass is 9.96. The number of hydrogen-bond acceptors (Lipinski definition) is 9. The summed E-state index contributed by atoms with van der Waals surface area (Å²) in [5, 5.41) is 17.8. The Balaban J connectivity index is 1.03. The largest absolute Gasteiger partial charge is 0.490 e. The van der Waals surface area contributed by atoms with Gasteiger partial charge < -0.3 is 29.7 Å². The number of benzene rings is 2.